The van der Waals surface area contributed by atoms with E-state index in [0.717, 1.165) is 6.42 Å². The van der Waals surface area contributed by atoms with Crippen LogP contribution in [0.2, 0.25) is 0 Å². The Kier molecular flexibility index (Phi) is 2.37. The topological polar surface area (TPSA) is 17.8 Å². The van der Waals surface area contributed by atoms with Crippen molar-refractivity contribution in [3.05, 3.63) is 52.8 Å². The van der Waals surface area contributed by atoms with Crippen molar-refractivity contribution in [2.75, 3.05) is 0 Å². The van der Waals surface area contributed by atoms with Crippen molar-refractivity contribution in [2.45, 2.75) is 38.5 Å². The molecule has 3 rings (SSSR count). The second-order valence-electron chi connectivity index (χ2n) is 6.07. The molecule has 2 aromatic rings. The molecule has 2 heteroatoms. The van der Waals surface area contributed by atoms with Gasteiger partial charge < -0.3 is 0 Å². The van der Waals surface area contributed by atoms with Gasteiger partial charge in [-0.3, -0.25) is 4.68 Å². The van der Waals surface area contributed by atoms with Crippen LogP contribution in [0, 0.1) is 0 Å². The van der Waals surface area contributed by atoms with Crippen molar-refractivity contribution in [3.8, 4) is 0 Å². The molecule has 0 amide bonds. The summed E-state index contributed by atoms with van der Waals surface area (Å²) in [5, 5.41) is 4.66. The van der Waals surface area contributed by atoms with Crippen LogP contribution in [0.25, 0.3) is 0 Å². The van der Waals surface area contributed by atoms with Crippen LogP contribution in [0.5, 0.6) is 0 Å². The Hall–Kier alpha value is -1.57. The third kappa shape index (κ3) is 1.59. The third-order valence-corrected chi connectivity index (χ3v) is 4.17. The fourth-order valence-corrected chi connectivity index (χ4v) is 3.22. The predicted octanol–water partition coefficient (Wildman–Crippen LogP) is 3.41. The average Bonchev–Trinajstić information content (AvgIpc) is 2.65. The first-order chi connectivity index (χ1) is 8.49. The highest BCUT2D eigenvalue weighted by Crippen LogP contribution is 2.41. The van der Waals surface area contributed by atoms with E-state index in [1.165, 1.54) is 22.4 Å². The van der Waals surface area contributed by atoms with Gasteiger partial charge in [0.15, 0.2) is 0 Å². The molecule has 1 aliphatic carbocycles. The lowest BCUT2D eigenvalue weighted by molar-refractivity contribution is 0.511. The van der Waals surface area contributed by atoms with Gasteiger partial charge in [0.2, 0.25) is 0 Å². The number of benzene rings is 1. The number of fused-ring (bicyclic) bond motifs is 2. The Morgan fingerprint density at radius 2 is 1.94 bits per heavy atom. The molecule has 1 heterocycles. The normalized spacial score (nSPS) is 21.0. The summed E-state index contributed by atoms with van der Waals surface area (Å²) in [6, 6.07) is 8.84. The van der Waals surface area contributed by atoms with Crippen LogP contribution in [-0.4, -0.2) is 9.78 Å². The van der Waals surface area contributed by atoms with Crippen LogP contribution < -0.4 is 0 Å². The van der Waals surface area contributed by atoms with Gasteiger partial charge in [0.05, 0.1) is 5.69 Å². The molecule has 94 valence electrons. The van der Waals surface area contributed by atoms with Crippen LogP contribution in [-0.2, 0) is 18.9 Å². The number of aromatic nitrogens is 2. The quantitative estimate of drug-likeness (QED) is 0.690. The monoisotopic (exact) mass is 240 g/mol. The van der Waals surface area contributed by atoms with Gasteiger partial charge in [0.25, 0.3) is 0 Å². The fourth-order valence-electron chi connectivity index (χ4n) is 3.22. The Bertz CT molecular complexity index is 593. The molecule has 1 unspecified atom stereocenters. The van der Waals surface area contributed by atoms with E-state index in [9.17, 15) is 0 Å². The lowest BCUT2D eigenvalue weighted by Gasteiger charge is -2.26. The molecule has 0 N–H and O–H groups in total. The number of hydrogen-bond acceptors (Lipinski definition) is 1. The summed E-state index contributed by atoms with van der Waals surface area (Å²) in [7, 11) is 2.01. The minimum atomic E-state index is 0.157. The van der Waals surface area contributed by atoms with Crippen molar-refractivity contribution >= 4 is 0 Å². The summed E-state index contributed by atoms with van der Waals surface area (Å²) in [4.78, 5) is 0. The molecule has 1 atom stereocenters. The highest BCUT2D eigenvalue weighted by atomic mass is 15.3. The molecule has 0 radical (unpaired) electrons. The zero-order valence-electron chi connectivity index (χ0n) is 11.6. The Morgan fingerprint density at radius 3 is 2.72 bits per heavy atom. The van der Waals surface area contributed by atoms with E-state index >= 15 is 0 Å². The van der Waals surface area contributed by atoms with Crippen LogP contribution in [0.4, 0.5) is 0 Å². The molecule has 0 aliphatic heterocycles. The first-order valence-electron chi connectivity index (χ1n) is 6.61. The summed E-state index contributed by atoms with van der Waals surface area (Å²) in [5.41, 5.74) is 5.72. The maximum atomic E-state index is 4.66. The smallest absolute Gasteiger partial charge is 0.0671 e. The number of hydrogen-bond donors (Lipinski definition) is 0. The molecule has 1 aromatic carbocycles. The van der Waals surface area contributed by atoms with Crippen molar-refractivity contribution in [3.63, 3.8) is 0 Å². The Morgan fingerprint density at radius 1 is 1.22 bits per heavy atom. The van der Waals surface area contributed by atoms with E-state index in [1.807, 2.05) is 11.7 Å². The van der Waals surface area contributed by atoms with Gasteiger partial charge in [-0.25, -0.2) is 0 Å². The summed E-state index contributed by atoms with van der Waals surface area (Å²) in [5.74, 6) is 0.437. The first-order valence-corrected chi connectivity index (χ1v) is 6.61. The minimum absolute atomic E-state index is 0.157. The van der Waals surface area contributed by atoms with Gasteiger partial charge in [-0.05, 0) is 16.5 Å². The molecule has 0 spiro atoms. The van der Waals surface area contributed by atoms with E-state index in [2.05, 4.69) is 56.3 Å². The van der Waals surface area contributed by atoms with Crippen LogP contribution in [0.1, 0.15) is 49.1 Å². The second-order valence-corrected chi connectivity index (χ2v) is 6.07. The van der Waals surface area contributed by atoms with Crippen LogP contribution in [0.3, 0.4) is 0 Å². The molecule has 0 fully saturated rings. The number of nitrogens with zero attached hydrogens (tertiary/aromatic N) is 2. The third-order valence-electron chi connectivity index (χ3n) is 4.17. The molecule has 1 aromatic heterocycles. The Labute approximate surface area is 109 Å². The summed E-state index contributed by atoms with van der Waals surface area (Å²) in [6.45, 7) is 6.94. The number of rotatable bonds is 0. The lowest BCUT2D eigenvalue weighted by atomic mass is 9.79. The first kappa shape index (κ1) is 11.5. The fraction of sp³-hybridized carbons (Fsp3) is 0.438. The molecular formula is C16H20N2. The minimum Gasteiger partial charge on any atom is -0.275 e. The SMILES string of the molecule is CC1c2ccccc2C(C)(C)Cc2nn(C)cc21. The van der Waals surface area contributed by atoms with Gasteiger partial charge in [0, 0.05) is 31.1 Å². The molecule has 0 saturated heterocycles. The Balaban J connectivity index is 2.27. The van der Waals surface area contributed by atoms with E-state index in [0.29, 0.717) is 5.92 Å². The zero-order valence-corrected chi connectivity index (χ0v) is 11.6. The average molecular weight is 240 g/mol. The van der Waals surface area contributed by atoms with Gasteiger partial charge >= 0.3 is 0 Å². The van der Waals surface area contributed by atoms with Crippen molar-refractivity contribution < 1.29 is 0 Å². The van der Waals surface area contributed by atoms with Crippen molar-refractivity contribution in [1.29, 1.82) is 0 Å². The summed E-state index contributed by atoms with van der Waals surface area (Å²) in [6.07, 6.45) is 3.20. The maximum absolute atomic E-state index is 4.66. The van der Waals surface area contributed by atoms with Gasteiger partial charge in [-0.1, -0.05) is 45.0 Å². The largest absolute Gasteiger partial charge is 0.275 e. The second kappa shape index (κ2) is 3.71. The lowest BCUT2D eigenvalue weighted by Crippen LogP contribution is -2.21. The van der Waals surface area contributed by atoms with E-state index in [4.69, 9.17) is 0 Å². The molecule has 0 saturated carbocycles. The molecule has 18 heavy (non-hydrogen) atoms. The zero-order chi connectivity index (χ0) is 12.9. The molecular weight excluding hydrogens is 220 g/mol. The van der Waals surface area contributed by atoms with Crippen molar-refractivity contribution in [2.24, 2.45) is 7.05 Å². The van der Waals surface area contributed by atoms with Gasteiger partial charge in [0.1, 0.15) is 0 Å². The van der Waals surface area contributed by atoms with E-state index in [-0.39, 0.29) is 5.41 Å². The van der Waals surface area contributed by atoms with E-state index < -0.39 is 0 Å². The van der Waals surface area contributed by atoms with E-state index in [1.54, 1.807) is 0 Å². The highest BCUT2D eigenvalue weighted by molar-refractivity contribution is 5.45. The number of aryl methyl sites for hydroxylation is 1. The van der Waals surface area contributed by atoms with Gasteiger partial charge in [-0.2, -0.15) is 5.10 Å². The van der Waals surface area contributed by atoms with Gasteiger partial charge in [-0.15, -0.1) is 0 Å². The summed E-state index contributed by atoms with van der Waals surface area (Å²) >= 11 is 0. The molecule has 0 bridgehead atoms. The van der Waals surface area contributed by atoms with Crippen LogP contribution >= 0.6 is 0 Å². The molecule has 2 nitrogen and oxygen atoms in total. The maximum Gasteiger partial charge on any atom is 0.0671 e. The predicted molar refractivity (Wildman–Crippen MR) is 73.9 cm³/mol. The molecule has 1 aliphatic rings. The standard InChI is InChI=1S/C16H20N2/c1-11-12-7-5-6-8-14(12)16(2,3)9-15-13(11)10-18(4)17-15/h5-8,10-11H,9H2,1-4H3. The summed E-state index contributed by atoms with van der Waals surface area (Å²) < 4.78 is 1.95. The highest BCUT2D eigenvalue weighted by Gasteiger charge is 2.32. The van der Waals surface area contributed by atoms with Crippen LogP contribution in [0.15, 0.2) is 30.5 Å². The van der Waals surface area contributed by atoms with Crippen molar-refractivity contribution in [1.82, 2.24) is 9.78 Å².